The molecule has 0 aliphatic carbocycles. The molecule has 4 nitrogen and oxygen atoms in total. The van der Waals surface area contributed by atoms with Gasteiger partial charge in [-0.2, -0.15) is 0 Å². The molecule has 0 aromatic rings. The molecule has 0 spiro atoms. The van der Waals surface area contributed by atoms with E-state index in [2.05, 4.69) is 0 Å². The van der Waals surface area contributed by atoms with Crippen LogP contribution in [0.2, 0.25) is 0 Å². The van der Waals surface area contributed by atoms with Crippen LogP contribution in [0.15, 0.2) is 0 Å². The molecule has 0 atom stereocenters. The van der Waals surface area contributed by atoms with Gasteiger partial charge >= 0.3 is 0 Å². The van der Waals surface area contributed by atoms with E-state index in [1.165, 1.54) is 0 Å². The Morgan fingerprint density at radius 1 is 1.00 bits per heavy atom. The van der Waals surface area contributed by atoms with Crippen LogP contribution in [0.1, 0.15) is 0 Å². The van der Waals surface area contributed by atoms with Crippen molar-refractivity contribution < 1.29 is 36.9 Å². The third-order valence-corrected chi connectivity index (χ3v) is 0. The average Bonchev–Trinajstić information content (AvgIpc) is 1.39. The van der Waals surface area contributed by atoms with E-state index < -0.39 is 12.9 Å². The maximum Gasteiger partial charge on any atom is 0.0275 e. The SMILES string of the molecule is O=C[O-].O=C[O-].[Cu]. The molecule has 7 heavy (non-hydrogen) atoms. The van der Waals surface area contributed by atoms with Crippen molar-refractivity contribution in [1.82, 2.24) is 0 Å². The number of carbonyl (C=O) groups excluding carboxylic acids is 2. The Bertz CT molecular complexity index is 30.7. The van der Waals surface area contributed by atoms with E-state index in [-0.39, 0.29) is 17.1 Å². The predicted molar refractivity (Wildman–Crippen MR) is 12.1 cm³/mol. The van der Waals surface area contributed by atoms with Crippen molar-refractivity contribution in [2.75, 3.05) is 0 Å². The van der Waals surface area contributed by atoms with Gasteiger partial charge in [-0.15, -0.1) is 0 Å². The molecule has 0 saturated heterocycles. The van der Waals surface area contributed by atoms with E-state index in [0.29, 0.717) is 0 Å². The van der Waals surface area contributed by atoms with Crippen molar-refractivity contribution in [3.05, 3.63) is 0 Å². The Kier molecular flexibility index (Phi) is 117. The molecule has 0 aliphatic heterocycles. The first-order valence-corrected chi connectivity index (χ1v) is 0.943. The van der Waals surface area contributed by atoms with Crippen molar-refractivity contribution in [3.8, 4) is 0 Å². The van der Waals surface area contributed by atoms with Gasteiger partial charge in [0.25, 0.3) is 0 Å². The molecular formula is C2H2CuO4-2. The normalized spacial score (nSPS) is 3.43. The van der Waals surface area contributed by atoms with Crippen molar-refractivity contribution in [2.24, 2.45) is 0 Å². The fourth-order valence-electron chi connectivity index (χ4n) is 0. The van der Waals surface area contributed by atoms with Crippen LogP contribution in [-0.4, -0.2) is 12.9 Å². The number of hydrogen-bond acceptors (Lipinski definition) is 4. The summed E-state index contributed by atoms with van der Waals surface area (Å²) in [5.74, 6) is 0. The standard InChI is InChI=1S/2CH2O2.Cu/c2*2-1-3;/h2*1H,(H,2,3);/p-2. The van der Waals surface area contributed by atoms with Gasteiger partial charge < -0.3 is 19.8 Å². The predicted octanol–water partition coefficient (Wildman–Crippen LogP) is -3.27. The van der Waals surface area contributed by atoms with Gasteiger partial charge in [0.15, 0.2) is 0 Å². The van der Waals surface area contributed by atoms with Crippen molar-refractivity contribution in [1.29, 1.82) is 0 Å². The Balaban J connectivity index is -0.0000000400. The van der Waals surface area contributed by atoms with Crippen LogP contribution in [-0.2, 0) is 26.7 Å². The molecule has 0 aliphatic rings. The fraction of sp³-hybridized carbons (Fsp3) is 0. The average molecular weight is 154 g/mol. The summed E-state index contributed by atoms with van der Waals surface area (Å²) in [6.45, 7) is -1.00. The van der Waals surface area contributed by atoms with Crippen LogP contribution < -0.4 is 10.2 Å². The molecule has 0 fully saturated rings. The monoisotopic (exact) mass is 153 g/mol. The second-order valence-electron chi connectivity index (χ2n) is 0.192. The summed E-state index contributed by atoms with van der Waals surface area (Å²) in [6, 6.07) is 0. The van der Waals surface area contributed by atoms with Crippen LogP contribution in [0.5, 0.6) is 0 Å². The molecule has 0 aromatic heterocycles. The van der Waals surface area contributed by atoms with Crippen LogP contribution in [0.4, 0.5) is 0 Å². The van der Waals surface area contributed by atoms with Gasteiger partial charge in [0.2, 0.25) is 0 Å². The van der Waals surface area contributed by atoms with Gasteiger partial charge in [-0.05, 0) is 0 Å². The minimum Gasteiger partial charge on any atom is -0.554 e. The Labute approximate surface area is 50.6 Å². The summed E-state index contributed by atoms with van der Waals surface area (Å²) in [7, 11) is 0. The molecule has 0 aromatic carbocycles. The third-order valence-electron chi connectivity index (χ3n) is 0. The molecule has 0 heterocycles. The first-order chi connectivity index (χ1) is 2.83. The number of hydrogen-bond donors (Lipinski definition) is 0. The van der Waals surface area contributed by atoms with Crippen molar-refractivity contribution >= 4 is 12.9 Å². The van der Waals surface area contributed by atoms with E-state index in [9.17, 15) is 0 Å². The maximum absolute atomic E-state index is 8.25. The Morgan fingerprint density at radius 3 is 1.00 bits per heavy atom. The van der Waals surface area contributed by atoms with Crippen LogP contribution in [0.25, 0.3) is 0 Å². The van der Waals surface area contributed by atoms with Gasteiger partial charge in [0, 0.05) is 30.0 Å². The van der Waals surface area contributed by atoms with Gasteiger partial charge in [-0.1, -0.05) is 0 Å². The van der Waals surface area contributed by atoms with Crippen LogP contribution in [0.3, 0.4) is 0 Å². The van der Waals surface area contributed by atoms with Crippen LogP contribution in [0, 0.1) is 0 Å². The minimum atomic E-state index is -0.500. The maximum atomic E-state index is 8.25. The second kappa shape index (κ2) is 51.0. The van der Waals surface area contributed by atoms with Gasteiger partial charge in [-0.3, -0.25) is 0 Å². The zero-order valence-electron chi connectivity index (χ0n) is 3.09. The minimum absolute atomic E-state index is 0. The Hall–Kier alpha value is -0.541. The number of rotatable bonds is 0. The van der Waals surface area contributed by atoms with E-state index >= 15 is 0 Å². The van der Waals surface area contributed by atoms with E-state index in [0.717, 1.165) is 0 Å². The van der Waals surface area contributed by atoms with E-state index in [1.807, 2.05) is 0 Å². The molecule has 47 valence electrons. The van der Waals surface area contributed by atoms with E-state index in [4.69, 9.17) is 19.8 Å². The summed E-state index contributed by atoms with van der Waals surface area (Å²) >= 11 is 0. The molecule has 0 saturated carbocycles. The summed E-state index contributed by atoms with van der Waals surface area (Å²) in [4.78, 5) is 16.5. The van der Waals surface area contributed by atoms with Gasteiger partial charge in [0.05, 0.1) is 0 Å². The summed E-state index contributed by atoms with van der Waals surface area (Å²) in [5, 5.41) is 16.5. The zero-order chi connectivity index (χ0) is 5.41. The quantitative estimate of drug-likeness (QED) is 0.270. The first kappa shape index (κ1) is 16.1. The molecule has 0 N–H and O–H groups in total. The van der Waals surface area contributed by atoms with Gasteiger partial charge in [-0.25, -0.2) is 0 Å². The summed E-state index contributed by atoms with van der Waals surface area (Å²) < 4.78 is 0. The number of carbonyl (C=O) groups is 2. The topological polar surface area (TPSA) is 80.3 Å². The van der Waals surface area contributed by atoms with Crippen molar-refractivity contribution in [2.45, 2.75) is 0 Å². The fourth-order valence-corrected chi connectivity index (χ4v) is 0. The second-order valence-corrected chi connectivity index (χ2v) is 0.192. The largest absolute Gasteiger partial charge is 0.554 e. The first-order valence-electron chi connectivity index (χ1n) is 0.943. The zero-order valence-corrected chi connectivity index (χ0v) is 4.03. The van der Waals surface area contributed by atoms with Crippen LogP contribution >= 0.6 is 0 Å². The molecular weight excluding hydrogens is 152 g/mol. The van der Waals surface area contributed by atoms with Gasteiger partial charge in [0.1, 0.15) is 0 Å². The summed E-state index contributed by atoms with van der Waals surface area (Å²) in [5.41, 5.74) is 0. The number of carboxylic acid groups (broad SMARTS) is 2. The Morgan fingerprint density at radius 2 is 1.00 bits per heavy atom. The summed E-state index contributed by atoms with van der Waals surface area (Å²) in [6.07, 6.45) is 0. The third kappa shape index (κ3) is 224. The molecule has 0 rings (SSSR count). The molecule has 5 heteroatoms. The molecule has 0 bridgehead atoms. The molecule has 1 radical (unpaired) electrons. The van der Waals surface area contributed by atoms with E-state index in [1.54, 1.807) is 0 Å². The van der Waals surface area contributed by atoms with Crippen molar-refractivity contribution in [3.63, 3.8) is 0 Å². The molecule has 0 amide bonds. The molecule has 0 unspecified atom stereocenters. The smallest absolute Gasteiger partial charge is 0.0275 e.